The van der Waals surface area contributed by atoms with Crippen LogP contribution in [0.15, 0.2) is 0 Å². The lowest BCUT2D eigenvalue weighted by molar-refractivity contribution is 0.0966. The third-order valence-electron chi connectivity index (χ3n) is 2.90. The van der Waals surface area contributed by atoms with Crippen molar-refractivity contribution in [3.05, 3.63) is 0 Å². The Morgan fingerprint density at radius 3 is 2.75 bits per heavy atom. The SMILES string of the molecule is CCCC(C)COCCC(C#N)NC1CC1. The molecule has 0 aromatic carbocycles. The monoisotopic (exact) mass is 224 g/mol. The lowest BCUT2D eigenvalue weighted by atomic mass is 10.1. The summed E-state index contributed by atoms with van der Waals surface area (Å²) in [4.78, 5) is 0. The molecule has 1 aliphatic rings. The molecule has 0 heterocycles. The predicted molar refractivity (Wildman–Crippen MR) is 65.1 cm³/mol. The van der Waals surface area contributed by atoms with Gasteiger partial charge < -0.3 is 4.74 Å². The van der Waals surface area contributed by atoms with Crippen molar-refractivity contribution in [1.82, 2.24) is 5.32 Å². The molecule has 0 amide bonds. The Morgan fingerprint density at radius 2 is 2.19 bits per heavy atom. The maximum Gasteiger partial charge on any atom is 0.0977 e. The fraction of sp³-hybridized carbons (Fsp3) is 0.923. The van der Waals surface area contributed by atoms with E-state index in [-0.39, 0.29) is 6.04 Å². The first-order valence-electron chi connectivity index (χ1n) is 6.49. The Morgan fingerprint density at radius 1 is 1.44 bits per heavy atom. The van der Waals surface area contributed by atoms with E-state index >= 15 is 0 Å². The van der Waals surface area contributed by atoms with E-state index in [0.29, 0.717) is 18.6 Å². The first-order valence-corrected chi connectivity index (χ1v) is 6.49. The maximum absolute atomic E-state index is 8.93. The highest BCUT2D eigenvalue weighted by molar-refractivity contribution is 4.95. The van der Waals surface area contributed by atoms with E-state index < -0.39 is 0 Å². The summed E-state index contributed by atoms with van der Waals surface area (Å²) in [5.41, 5.74) is 0. The molecule has 2 unspecified atom stereocenters. The molecule has 0 aliphatic heterocycles. The minimum Gasteiger partial charge on any atom is -0.381 e. The number of nitrogens with zero attached hydrogens (tertiary/aromatic N) is 1. The minimum atomic E-state index is -0.0195. The van der Waals surface area contributed by atoms with Crippen molar-refractivity contribution < 1.29 is 4.74 Å². The summed E-state index contributed by atoms with van der Waals surface area (Å²) in [6.07, 6.45) is 5.71. The molecule has 0 spiro atoms. The van der Waals surface area contributed by atoms with Crippen molar-refractivity contribution in [2.24, 2.45) is 5.92 Å². The highest BCUT2D eigenvalue weighted by Crippen LogP contribution is 2.19. The number of nitrogens with one attached hydrogen (secondary N) is 1. The van der Waals surface area contributed by atoms with E-state index in [0.717, 1.165) is 13.0 Å². The van der Waals surface area contributed by atoms with Crippen LogP contribution in [-0.4, -0.2) is 25.3 Å². The fourth-order valence-electron chi connectivity index (χ4n) is 1.78. The maximum atomic E-state index is 8.93. The van der Waals surface area contributed by atoms with Gasteiger partial charge in [0.1, 0.15) is 0 Å². The summed E-state index contributed by atoms with van der Waals surface area (Å²) in [6, 6.07) is 2.88. The highest BCUT2D eigenvalue weighted by atomic mass is 16.5. The minimum absolute atomic E-state index is 0.0195. The van der Waals surface area contributed by atoms with Gasteiger partial charge in [0.15, 0.2) is 0 Å². The molecule has 92 valence electrons. The Bertz CT molecular complexity index is 220. The third kappa shape index (κ3) is 6.09. The van der Waals surface area contributed by atoms with Gasteiger partial charge in [-0.05, 0) is 31.6 Å². The van der Waals surface area contributed by atoms with Crippen molar-refractivity contribution >= 4 is 0 Å². The molecule has 0 bridgehead atoms. The normalized spacial score (nSPS) is 19.1. The number of hydrogen-bond acceptors (Lipinski definition) is 3. The van der Waals surface area contributed by atoms with Gasteiger partial charge >= 0.3 is 0 Å². The second-order valence-electron chi connectivity index (χ2n) is 4.88. The summed E-state index contributed by atoms with van der Waals surface area (Å²) in [5.74, 6) is 0.641. The van der Waals surface area contributed by atoms with Crippen molar-refractivity contribution in [3.63, 3.8) is 0 Å². The molecule has 3 heteroatoms. The quantitative estimate of drug-likeness (QED) is 0.612. The smallest absolute Gasteiger partial charge is 0.0977 e. The van der Waals surface area contributed by atoms with Crippen LogP contribution in [0, 0.1) is 17.2 Å². The zero-order valence-electron chi connectivity index (χ0n) is 10.5. The van der Waals surface area contributed by atoms with Crippen LogP contribution in [0.25, 0.3) is 0 Å². The zero-order chi connectivity index (χ0) is 11.8. The average Bonchev–Trinajstić information content (AvgIpc) is 3.07. The Labute approximate surface area is 99.2 Å². The second kappa shape index (κ2) is 7.65. The van der Waals surface area contributed by atoms with Crippen molar-refractivity contribution in [2.45, 2.75) is 58.0 Å². The van der Waals surface area contributed by atoms with Gasteiger partial charge in [0, 0.05) is 19.3 Å². The van der Waals surface area contributed by atoms with Gasteiger partial charge in [-0.2, -0.15) is 5.26 Å². The number of nitriles is 1. The van der Waals surface area contributed by atoms with E-state index in [1.165, 1.54) is 25.7 Å². The molecular formula is C13H24N2O. The van der Waals surface area contributed by atoms with E-state index in [4.69, 9.17) is 10.00 Å². The van der Waals surface area contributed by atoms with Gasteiger partial charge in [0.05, 0.1) is 12.1 Å². The number of hydrogen-bond donors (Lipinski definition) is 1. The van der Waals surface area contributed by atoms with Gasteiger partial charge in [-0.1, -0.05) is 20.3 Å². The molecule has 0 radical (unpaired) electrons. The molecule has 1 aliphatic carbocycles. The van der Waals surface area contributed by atoms with E-state index in [9.17, 15) is 0 Å². The summed E-state index contributed by atoms with van der Waals surface area (Å²) in [5, 5.41) is 12.2. The van der Waals surface area contributed by atoms with Crippen LogP contribution >= 0.6 is 0 Å². The molecule has 1 fully saturated rings. The van der Waals surface area contributed by atoms with Crippen molar-refractivity contribution in [3.8, 4) is 6.07 Å². The standard InChI is InChI=1S/C13H24N2O/c1-3-4-11(2)10-16-8-7-13(9-14)15-12-5-6-12/h11-13,15H,3-8,10H2,1-2H3. The molecular weight excluding hydrogens is 200 g/mol. The Kier molecular flexibility index (Phi) is 6.44. The largest absolute Gasteiger partial charge is 0.381 e. The van der Waals surface area contributed by atoms with Gasteiger partial charge in [0.2, 0.25) is 0 Å². The van der Waals surface area contributed by atoms with Crippen LogP contribution in [0.4, 0.5) is 0 Å². The summed E-state index contributed by atoms with van der Waals surface area (Å²) in [7, 11) is 0. The molecule has 1 saturated carbocycles. The summed E-state index contributed by atoms with van der Waals surface area (Å²) in [6.45, 7) is 5.94. The Hall–Kier alpha value is -0.590. The average molecular weight is 224 g/mol. The van der Waals surface area contributed by atoms with Crippen molar-refractivity contribution in [1.29, 1.82) is 5.26 Å². The van der Waals surface area contributed by atoms with Crippen LogP contribution in [-0.2, 0) is 4.74 Å². The van der Waals surface area contributed by atoms with Crippen LogP contribution in [0.3, 0.4) is 0 Å². The predicted octanol–water partition coefficient (Wildman–Crippen LogP) is 2.47. The van der Waals surface area contributed by atoms with E-state index in [2.05, 4.69) is 25.2 Å². The van der Waals surface area contributed by atoms with Gasteiger partial charge in [-0.3, -0.25) is 5.32 Å². The van der Waals surface area contributed by atoms with Crippen LogP contribution in [0.1, 0.15) is 46.0 Å². The van der Waals surface area contributed by atoms with E-state index in [1.807, 2.05) is 0 Å². The fourth-order valence-corrected chi connectivity index (χ4v) is 1.78. The molecule has 0 aromatic heterocycles. The topological polar surface area (TPSA) is 45.0 Å². The molecule has 2 atom stereocenters. The number of rotatable bonds is 9. The lowest BCUT2D eigenvalue weighted by Crippen LogP contribution is -2.30. The van der Waals surface area contributed by atoms with Crippen LogP contribution < -0.4 is 5.32 Å². The molecule has 0 aromatic rings. The summed E-state index contributed by atoms with van der Waals surface area (Å²) >= 11 is 0. The zero-order valence-corrected chi connectivity index (χ0v) is 10.5. The molecule has 16 heavy (non-hydrogen) atoms. The molecule has 1 rings (SSSR count). The molecule has 1 N–H and O–H groups in total. The van der Waals surface area contributed by atoms with Crippen molar-refractivity contribution in [2.75, 3.05) is 13.2 Å². The van der Waals surface area contributed by atoms with Gasteiger partial charge in [-0.15, -0.1) is 0 Å². The summed E-state index contributed by atoms with van der Waals surface area (Å²) < 4.78 is 5.59. The lowest BCUT2D eigenvalue weighted by Gasteiger charge is -2.13. The molecule has 0 saturated heterocycles. The third-order valence-corrected chi connectivity index (χ3v) is 2.90. The first-order chi connectivity index (χ1) is 7.76. The second-order valence-corrected chi connectivity index (χ2v) is 4.88. The van der Waals surface area contributed by atoms with Crippen LogP contribution in [0.5, 0.6) is 0 Å². The number of ether oxygens (including phenoxy) is 1. The van der Waals surface area contributed by atoms with Gasteiger partial charge in [-0.25, -0.2) is 0 Å². The van der Waals surface area contributed by atoms with Crippen LogP contribution in [0.2, 0.25) is 0 Å². The first kappa shape index (κ1) is 13.5. The van der Waals surface area contributed by atoms with Gasteiger partial charge in [0.25, 0.3) is 0 Å². The highest BCUT2D eigenvalue weighted by Gasteiger charge is 2.24. The Balaban J connectivity index is 1.97. The van der Waals surface area contributed by atoms with E-state index in [1.54, 1.807) is 0 Å². The molecule has 3 nitrogen and oxygen atoms in total.